The van der Waals surface area contributed by atoms with Crippen LogP contribution in [0.2, 0.25) is 0 Å². The van der Waals surface area contributed by atoms with Crippen LogP contribution in [0.3, 0.4) is 0 Å². The van der Waals surface area contributed by atoms with Crippen LogP contribution in [0.4, 0.5) is 0 Å². The third kappa shape index (κ3) is 1.90. The SMILES string of the molecule is C=CC(Cl)C(O)c1ccc(C)o1. The van der Waals surface area contributed by atoms with Gasteiger partial charge in [0, 0.05) is 0 Å². The zero-order valence-electron chi connectivity index (χ0n) is 6.83. The van der Waals surface area contributed by atoms with Gasteiger partial charge in [0.1, 0.15) is 17.6 Å². The van der Waals surface area contributed by atoms with Gasteiger partial charge in [-0.1, -0.05) is 6.08 Å². The van der Waals surface area contributed by atoms with Crippen LogP contribution < -0.4 is 0 Å². The molecule has 0 aliphatic rings. The zero-order valence-corrected chi connectivity index (χ0v) is 7.58. The standard InChI is InChI=1S/C9H11ClO2/c1-3-7(10)9(11)8-5-4-6(2)12-8/h3-5,7,9,11H,1H2,2H3. The van der Waals surface area contributed by atoms with Gasteiger partial charge in [-0.3, -0.25) is 0 Å². The lowest BCUT2D eigenvalue weighted by Gasteiger charge is -2.09. The van der Waals surface area contributed by atoms with Gasteiger partial charge in [0.2, 0.25) is 0 Å². The molecule has 0 aliphatic carbocycles. The summed E-state index contributed by atoms with van der Waals surface area (Å²) in [7, 11) is 0. The van der Waals surface area contributed by atoms with Crippen LogP contribution in [0.5, 0.6) is 0 Å². The van der Waals surface area contributed by atoms with Crippen molar-refractivity contribution < 1.29 is 9.52 Å². The third-order valence-corrected chi connectivity index (χ3v) is 2.00. The molecule has 0 amide bonds. The van der Waals surface area contributed by atoms with E-state index in [1.165, 1.54) is 6.08 Å². The van der Waals surface area contributed by atoms with Crippen molar-refractivity contribution in [2.45, 2.75) is 18.4 Å². The molecule has 0 aliphatic heterocycles. The minimum absolute atomic E-state index is 0.479. The molecule has 12 heavy (non-hydrogen) atoms. The van der Waals surface area contributed by atoms with Crippen molar-refractivity contribution in [2.24, 2.45) is 0 Å². The van der Waals surface area contributed by atoms with Crippen molar-refractivity contribution in [1.82, 2.24) is 0 Å². The Morgan fingerprint density at radius 1 is 1.67 bits per heavy atom. The Hall–Kier alpha value is -0.730. The summed E-state index contributed by atoms with van der Waals surface area (Å²) in [6.07, 6.45) is 0.669. The molecule has 1 aromatic rings. The van der Waals surface area contributed by atoms with Gasteiger partial charge in [-0.05, 0) is 19.1 Å². The summed E-state index contributed by atoms with van der Waals surface area (Å²) in [5, 5.41) is 9.00. The highest BCUT2D eigenvalue weighted by molar-refractivity contribution is 6.22. The average Bonchev–Trinajstić information content (AvgIpc) is 2.49. The monoisotopic (exact) mass is 186 g/mol. The fourth-order valence-electron chi connectivity index (χ4n) is 0.898. The second-order valence-electron chi connectivity index (χ2n) is 2.57. The van der Waals surface area contributed by atoms with Crippen molar-refractivity contribution in [3.8, 4) is 0 Å². The largest absolute Gasteiger partial charge is 0.464 e. The Balaban J connectivity index is 2.77. The van der Waals surface area contributed by atoms with E-state index in [-0.39, 0.29) is 0 Å². The molecule has 2 nitrogen and oxygen atoms in total. The van der Waals surface area contributed by atoms with Gasteiger partial charge in [0.15, 0.2) is 0 Å². The van der Waals surface area contributed by atoms with Gasteiger partial charge in [-0.25, -0.2) is 0 Å². The summed E-state index contributed by atoms with van der Waals surface area (Å²) in [4.78, 5) is 0. The number of furan rings is 1. The maximum atomic E-state index is 9.51. The van der Waals surface area contributed by atoms with E-state index >= 15 is 0 Å². The minimum Gasteiger partial charge on any atom is -0.464 e. The number of aryl methyl sites for hydroxylation is 1. The van der Waals surface area contributed by atoms with Gasteiger partial charge >= 0.3 is 0 Å². The Bertz CT molecular complexity index is 267. The zero-order chi connectivity index (χ0) is 9.14. The highest BCUT2D eigenvalue weighted by atomic mass is 35.5. The maximum absolute atomic E-state index is 9.51. The summed E-state index contributed by atoms with van der Waals surface area (Å²) in [5.74, 6) is 1.24. The molecule has 66 valence electrons. The number of aliphatic hydroxyl groups excluding tert-OH is 1. The first-order valence-corrected chi connectivity index (χ1v) is 4.10. The van der Waals surface area contributed by atoms with Crippen molar-refractivity contribution in [3.63, 3.8) is 0 Å². The van der Waals surface area contributed by atoms with Gasteiger partial charge in [-0.2, -0.15) is 0 Å². The summed E-state index contributed by atoms with van der Waals surface area (Å²) in [6, 6.07) is 3.49. The topological polar surface area (TPSA) is 33.4 Å². The molecule has 0 saturated heterocycles. The van der Waals surface area contributed by atoms with E-state index in [0.29, 0.717) is 5.76 Å². The molecule has 1 rings (SSSR count). The summed E-state index contributed by atoms with van der Waals surface area (Å²) < 4.78 is 5.19. The number of hydrogen-bond acceptors (Lipinski definition) is 2. The van der Waals surface area contributed by atoms with Crippen LogP contribution in [0.1, 0.15) is 17.6 Å². The Morgan fingerprint density at radius 2 is 2.33 bits per heavy atom. The van der Waals surface area contributed by atoms with Crippen molar-refractivity contribution >= 4 is 11.6 Å². The van der Waals surface area contributed by atoms with E-state index in [2.05, 4.69) is 6.58 Å². The fourth-order valence-corrected chi connectivity index (χ4v) is 1.02. The number of aliphatic hydroxyl groups is 1. The normalized spacial score (nSPS) is 15.6. The summed E-state index contributed by atoms with van der Waals surface area (Å²) >= 11 is 5.73. The highest BCUT2D eigenvalue weighted by Crippen LogP contribution is 2.23. The quantitative estimate of drug-likeness (QED) is 0.581. The Kier molecular flexibility index (Phi) is 2.95. The van der Waals surface area contributed by atoms with Gasteiger partial charge in [0.25, 0.3) is 0 Å². The van der Waals surface area contributed by atoms with E-state index < -0.39 is 11.5 Å². The lowest BCUT2D eigenvalue weighted by atomic mass is 10.2. The maximum Gasteiger partial charge on any atom is 0.134 e. The van der Waals surface area contributed by atoms with Crippen LogP contribution in [-0.4, -0.2) is 10.5 Å². The highest BCUT2D eigenvalue weighted by Gasteiger charge is 2.18. The predicted octanol–water partition coefficient (Wildman–Crippen LogP) is 2.41. The molecule has 0 radical (unpaired) electrons. The van der Waals surface area contributed by atoms with Crippen LogP contribution in [0, 0.1) is 6.92 Å². The van der Waals surface area contributed by atoms with Gasteiger partial charge in [0.05, 0.1) is 5.38 Å². The summed E-state index contributed by atoms with van der Waals surface area (Å²) in [5.41, 5.74) is 0. The molecule has 3 heteroatoms. The smallest absolute Gasteiger partial charge is 0.134 e. The molecule has 2 unspecified atom stereocenters. The molecule has 0 saturated carbocycles. The second kappa shape index (κ2) is 3.78. The summed E-state index contributed by atoms with van der Waals surface area (Å²) in [6.45, 7) is 5.29. The van der Waals surface area contributed by atoms with E-state index in [1.54, 1.807) is 12.1 Å². The van der Waals surface area contributed by atoms with Crippen LogP contribution in [-0.2, 0) is 0 Å². The Labute approximate surface area is 76.5 Å². The van der Waals surface area contributed by atoms with Crippen molar-refractivity contribution in [3.05, 3.63) is 36.3 Å². The first kappa shape index (κ1) is 9.36. The average molecular weight is 187 g/mol. The molecule has 1 aromatic heterocycles. The second-order valence-corrected chi connectivity index (χ2v) is 3.08. The van der Waals surface area contributed by atoms with E-state index in [4.69, 9.17) is 16.0 Å². The third-order valence-electron chi connectivity index (χ3n) is 1.58. The molecule has 0 fully saturated rings. The van der Waals surface area contributed by atoms with Crippen LogP contribution in [0.15, 0.2) is 29.2 Å². The van der Waals surface area contributed by atoms with Crippen LogP contribution >= 0.6 is 11.6 Å². The molecule has 1 heterocycles. The van der Waals surface area contributed by atoms with Gasteiger partial charge in [-0.15, -0.1) is 18.2 Å². The molecule has 0 bridgehead atoms. The molecule has 0 spiro atoms. The van der Waals surface area contributed by atoms with Crippen molar-refractivity contribution in [1.29, 1.82) is 0 Å². The van der Waals surface area contributed by atoms with Crippen LogP contribution in [0.25, 0.3) is 0 Å². The first-order valence-electron chi connectivity index (χ1n) is 3.66. The number of hydrogen-bond donors (Lipinski definition) is 1. The fraction of sp³-hybridized carbons (Fsp3) is 0.333. The number of halogens is 1. The van der Waals surface area contributed by atoms with E-state index in [0.717, 1.165) is 5.76 Å². The molecular weight excluding hydrogens is 176 g/mol. The lowest BCUT2D eigenvalue weighted by Crippen LogP contribution is -2.08. The van der Waals surface area contributed by atoms with Gasteiger partial charge < -0.3 is 9.52 Å². The molecule has 2 atom stereocenters. The predicted molar refractivity (Wildman–Crippen MR) is 48.2 cm³/mol. The molecular formula is C9H11ClO2. The number of rotatable bonds is 3. The molecule has 0 aromatic carbocycles. The first-order chi connectivity index (χ1) is 5.65. The van der Waals surface area contributed by atoms with Crippen molar-refractivity contribution in [2.75, 3.05) is 0 Å². The minimum atomic E-state index is -0.808. The van der Waals surface area contributed by atoms with E-state index in [9.17, 15) is 5.11 Å². The number of alkyl halides is 1. The Morgan fingerprint density at radius 3 is 2.75 bits per heavy atom. The van der Waals surface area contributed by atoms with E-state index in [1.807, 2.05) is 6.92 Å². The lowest BCUT2D eigenvalue weighted by molar-refractivity contribution is 0.155. The molecule has 1 N–H and O–H groups in total.